The van der Waals surface area contributed by atoms with Gasteiger partial charge in [0.25, 0.3) is 5.91 Å². The maximum absolute atomic E-state index is 13.8. The van der Waals surface area contributed by atoms with E-state index in [-0.39, 0.29) is 34.7 Å². The van der Waals surface area contributed by atoms with Gasteiger partial charge in [-0.1, -0.05) is 49.7 Å². The van der Waals surface area contributed by atoms with E-state index in [9.17, 15) is 27.1 Å². The molecule has 0 saturated carbocycles. The van der Waals surface area contributed by atoms with E-state index in [4.69, 9.17) is 0 Å². The summed E-state index contributed by atoms with van der Waals surface area (Å²) in [7, 11) is -3.54. The third-order valence-electron chi connectivity index (χ3n) is 5.91. The number of carbonyl (C=O) groups is 1. The lowest BCUT2D eigenvalue weighted by Crippen LogP contribution is -2.48. The molecule has 37 heavy (non-hydrogen) atoms. The van der Waals surface area contributed by atoms with Crippen LogP contribution in [0.1, 0.15) is 41.3 Å². The first-order valence-electron chi connectivity index (χ1n) is 12.2. The van der Waals surface area contributed by atoms with Crippen LogP contribution in [0.25, 0.3) is 0 Å². The molecule has 0 radical (unpaired) electrons. The van der Waals surface area contributed by atoms with E-state index >= 15 is 0 Å². The first-order valence-corrected chi connectivity index (χ1v) is 13.8. The SMILES string of the molecule is CCCCS(=O)(=O)c1cccc(C(=O)N[C@@H](Cc2cc(F)cc(F)c2)[C@@H](O)CNCc2ccccc2)c1. The van der Waals surface area contributed by atoms with Crippen molar-refractivity contribution in [3.05, 3.63) is 101 Å². The predicted molar refractivity (Wildman–Crippen MR) is 139 cm³/mol. The van der Waals surface area contributed by atoms with Gasteiger partial charge < -0.3 is 15.7 Å². The number of sulfone groups is 1. The Labute approximate surface area is 216 Å². The Balaban J connectivity index is 1.77. The lowest BCUT2D eigenvalue weighted by molar-refractivity contribution is 0.0829. The molecule has 198 valence electrons. The molecule has 0 aliphatic carbocycles. The van der Waals surface area contributed by atoms with Crippen molar-refractivity contribution in [2.45, 2.75) is 49.8 Å². The quantitative estimate of drug-likeness (QED) is 0.310. The monoisotopic (exact) mass is 530 g/mol. The average molecular weight is 531 g/mol. The number of aliphatic hydroxyl groups is 1. The number of rotatable bonds is 13. The zero-order valence-corrected chi connectivity index (χ0v) is 21.5. The third-order valence-corrected chi connectivity index (χ3v) is 7.70. The summed E-state index contributed by atoms with van der Waals surface area (Å²) in [6.07, 6.45) is 0.0873. The molecule has 3 aromatic carbocycles. The molecule has 0 aliphatic rings. The summed E-state index contributed by atoms with van der Waals surface area (Å²) >= 11 is 0. The van der Waals surface area contributed by atoms with Gasteiger partial charge in [-0.2, -0.15) is 0 Å². The van der Waals surface area contributed by atoms with Gasteiger partial charge in [-0.15, -0.1) is 0 Å². The van der Waals surface area contributed by atoms with Gasteiger partial charge >= 0.3 is 0 Å². The summed E-state index contributed by atoms with van der Waals surface area (Å²) in [6, 6.07) is 17.4. The lowest BCUT2D eigenvalue weighted by Gasteiger charge is -2.25. The molecule has 0 unspecified atom stereocenters. The minimum absolute atomic E-state index is 0.0197. The number of halogens is 2. The Bertz CT molecular complexity index is 1270. The van der Waals surface area contributed by atoms with Gasteiger partial charge in [0.2, 0.25) is 0 Å². The Morgan fingerprint density at radius 1 is 0.946 bits per heavy atom. The molecule has 0 fully saturated rings. The minimum Gasteiger partial charge on any atom is -0.390 e. The smallest absolute Gasteiger partial charge is 0.251 e. The van der Waals surface area contributed by atoms with Crippen LogP contribution in [-0.4, -0.2) is 43.9 Å². The fourth-order valence-corrected chi connectivity index (χ4v) is 5.40. The van der Waals surface area contributed by atoms with Gasteiger partial charge in [0.1, 0.15) is 11.6 Å². The third kappa shape index (κ3) is 8.73. The Morgan fingerprint density at radius 2 is 1.65 bits per heavy atom. The molecule has 3 aromatic rings. The zero-order chi connectivity index (χ0) is 26.8. The van der Waals surface area contributed by atoms with E-state index in [1.165, 1.54) is 24.3 Å². The van der Waals surface area contributed by atoms with Crippen LogP contribution in [0.3, 0.4) is 0 Å². The fourth-order valence-electron chi connectivity index (χ4n) is 3.90. The van der Waals surface area contributed by atoms with E-state index in [0.29, 0.717) is 13.0 Å². The summed E-state index contributed by atoms with van der Waals surface area (Å²) in [4.78, 5) is 13.1. The van der Waals surface area contributed by atoms with E-state index < -0.39 is 39.5 Å². The topological polar surface area (TPSA) is 95.5 Å². The largest absolute Gasteiger partial charge is 0.390 e. The minimum atomic E-state index is -3.54. The highest BCUT2D eigenvalue weighted by Gasteiger charge is 2.24. The van der Waals surface area contributed by atoms with Crippen LogP contribution >= 0.6 is 0 Å². The van der Waals surface area contributed by atoms with Crippen molar-refractivity contribution in [3.63, 3.8) is 0 Å². The van der Waals surface area contributed by atoms with E-state index in [2.05, 4.69) is 10.6 Å². The van der Waals surface area contributed by atoms with Crippen molar-refractivity contribution in [1.82, 2.24) is 10.6 Å². The molecule has 1 amide bonds. The van der Waals surface area contributed by atoms with E-state index in [0.717, 1.165) is 30.2 Å². The van der Waals surface area contributed by atoms with Crippen molar-refractivity contribution in [3.8, 4) is 0 Å². The summed E-state index contributed by atoms with van der Waals surface area (Å²) in [6.45, 7) is 2.47. The molecule has 0 aliphatic heterocycles. The fraction of sp³-hybridized carbons (Fsp3) is 0.321. The zero-order valence-electron chi connectivity index (χ0n) is 20.7. The number of aliphatic hydroxyl groups excluding tert-OH is 1. The van der Waals surface area contributed by atoms with Gasteiger partial charge in [-0.3, -0.25) is 4.79 Å². The van der Waals surface area contributed by atoms with Crippen LogP contribution in [-0.2, 0) is 22.8 Å². The normalized spacial score (nSPS) is 13.2. The first-order chi connectivity index (χ1) is 17.7. The summed E-state index contributed by atoms with van der Waals surface area (Å²) in [5.74, 6) is -2.14. The Hall–Kier alpha value is -3.14. The van der Waals surface area contributed by atoms with Gasteiger partial charge in [-0.05, 0) is 54.3 Å². The van der Waals surface area contributed by atoms with E-state index in [1.807, 2.05) is 37.3 Å². The number of hydrogen-bond donors (Lipinski definition) is 3. The number of hydrogen-bond acceptors (Lipinski definition) is 5. The summed E-state index contributed by atoms with van der Waals surface area (Å²) in [5, 5.41) is 16.7. The number of unbranched alkanes of at least 4 members (excludes halogenated alkanes) is 1. The second kappa shape index (κ2) is 13.4. The molecule has 0 bridgehead atoms. The number of carbonyl (C=O) groups excluding carboxylic acids is 1. The predicted octanol–water partition coefficient (Wildman–Crippen LogP) is 4.03. The Kier molecular flexibility index (Phi) is 10.3. The van der Waals surface area contributed by atoms with Crippen LogP contribution in [0.15, 0.2) is 77.7 Å². The van der Waals surface area contributed by atoms with Crippen molar-refractivity contribution in [2.24, 2.45) is 0 Å². The second-order valence-corrected chi connectivity index (χ2v) is 11.1. The van der Waals surface area contributed by atoms with E-state index in [1.54, 1.807) is 0 Å². The Morgan fingerprint density at radius 3 is 2.32 bits per heavy atom. The summed E-state index contributed by atoms with van der Waals surface area (Å²) < 4.78 is 52.7. The highest BCUT2D eigenvalue weighted by Crippen LogP contribution is 2.17. The van der Waals surface area contributed by atoms with Crippen LogP contribution in [0.5, 0.6) is 0 Å². The maximum atomic E-state index is 13.8. The average Bonchev–Trinajstić information content (AvgIpc) is 2.87. The highest BCUT2D eigenvalue weighted by molar-refractivity contribution is 7.91. The van der Waals surface area contributed by atoms with Crippen LogP contribution in [0, 0.1) is 11.6 Å². The molecule has 3 N–H and O–H groups in total. The molecule has 2 atom stereocenters. The second-order valence-electron chi connectivity index (χ2n) is 8.95. The highest BCUT2D eigenvalue weighted by atomic mass is 32.2. The molecule has 3 rings (SSSR count). The number of amides is 1. The van der Waals surface area contributed by atoms with Crippen molar-refractivity contribution in [1.29, 1.82) is 0 Å². The summed E-state index contributed by atoms with van der Waals surface area (Å²) in [5.41, 5.74) is 1.38. The van der Waals surface area contributed by atoms with Gasteiger partial charge in [0.15, 0.2) is 9.84 Å². The molecule has 0 saturated heterocycles. The van der Waals surface area contributed by atoms with Crippen LogP contribution in [0.2, 0.25) is 0 Å². The number of nitrogens with one attached hydrogen (secondary N) is 2. The molecule has 0 heterocycles. The van der Waals surface area contributed by atoms with Gasteiger partial charge in [0, 0.05) is 24.7 Å². The molecule has 9 heteroatoms. The first kappa shape index (κ1) is 28.4. The van der Waals surface area contributed by atoms with Crippen molar-refractivity contribution in [2.75, 3.05) is 12.3 Å². The lowest BCUT2D eigenvalue weighted by atomic mass is 10.00. The van der Waals surface area contributed by atoms with Crippen LogP contribution < -0.4 is 10.6 Å². The molecule has 0 aromatic heterocycles. The van der Waals surface area contributed by atoms with Gasteiger partial charge in [-0.25, -0.2) is 17.2 Å². The molecular weight excluding hydrogens is 498 g/mol. The number of benzene rings is 3. The molecule has 0 spiro atoms. The van der Waals surface area contributed by atoms with Gasteiger partial charge in [0.05, 0.1) is 22.8 Å². The standard InChI is InChI=1S/C28H32F2N2O4S/c1-2-3-12-37(35,36)25-11-7-10-22(16-25)28(34)32-26(15-21-13-23(29)17-24(30)14-21)27(33)19-31-18-20-8-5-4-6-9-20/h4-11,13-14,16-17,26-27,31,33H,2-3,12,15,18-19H2,1H3,(H,32,34)/t26-,27-/m0/s1. The maximum Gasteiger partial charge on any atom is 0.251 e. The van der Waals surface area contributed by atoms with Crippen LogP contribution in [0.4, 0.5) is 8.78 Å². The molecule has 6 nitrogen and oxygen atoms in total. The van der Waals surface area contributed by atoms with Crippen molar-refractivity contribution >= 4 is 15.7 Å². The van der Waals surface area contributed by atoms with Crippen molar-refractivity contribution < 1.29 is 27.1 Å². The molecular formula is C28H32F2N2O4S.